The molecule has 1 aliphatic heterocycles. The molecular formula is C18H18N6O3. The summed E-state index contributed by atoms with van der Waals surface area (Å²) in [5.74, 6) is 2.27. The number of imidazole rings is 1. The molecule has 0 N–H and O–H groups in total. The molecule has 138 valence electrons. The van der Waals surface area contributed by atoms with Crippen LogP contribution in [-0.2, 0) is 4.74 Å². The number of rotatable bonds is 4. The molecule has 3 aromatic heterocycles. The number of carbonyl (C=O) groups excluding carboxylic acids is 1. The van der Waals surface area contributed by atoms with Crippen LogP contribution in [0.15, 0.2) is 35.4 Å². The zero-order valence-corrected chi connectivity index (χ0v) is 14.6. The molecule has 2 fully saturated rings. The molecule has 1 saturated carbocycles. The van der Waals surface area contributed by atoms with Crippen molar-refractivity contribution in [1.29, 1.82) is 0 Å². The molecule has 27 heavy (non-hydrogen) atoms. The van der Waals surface area contributed by atoms with Gasteiger partial charge in [0.2, 0.25) is 0 Å². The molecular weight excluding hydrogens is 348 g/mol. The summed E-state index contributed by atoms with van der Waals surface area (Å²) in [5.41, 5.74) is 1.16. The van der Waals surface area contributed by atoms with Crippen LogP contribution in [0.1, 0.15) is 35.1 Å². The minimum absolute atomic E-state index is 0.0906. The van der Waals surface area contributed by atoms with Gasteiger partial charge >= 0.3 is 0 Å². The van der Waals surface area contributed by atoms with E-state index in [1.54, 1.807) is 28.2 Å². The lowest BCUT2D eigenvalue weighted by Gasteiger charge is -2.25. The van der Waals surface area contributed by atoms with Crippen LogP contribution in [0.4, 0.5) is 0 Å². The predicted molar refractivity (Wildman–Crippen MR) is 93.3 cm³/mol. The van der Waals surface area contributed by atoms with Gasteiger partial charge in [-0.05, 0) is 25.0 Å². The fraction of sp³-hybridized carbons (Fsp3) is 0.389. The van der Waals surface area contributed by atoms with Crippen LogP contribution in [-0.4, -0.2) is 61.8 Å². The third-order valence-corrected chi connectivity index (χ3v) is 4.74. The minimum Gasteiger partial charge on any atom is -0.378 e. The first kappa shape index (κ1) is 16.1. The highest BCUT2D eigenvalue weighted by atomic mass is 16.5. The second kappa shape index (κ2) is 6.58. The Hall–Kier alpha value is -3.07. The molecule has 0 unspecified atom stereocenters. The highest BCUT2D eigenvalue weighted by Gasteiger charge is 2.29. The molecule has 9 nitrogen and oxygen atoms in total. The summed E-state index contributed by atoms with van der Waals surface area (Å²) in [6, 6.07) is 3.71. The van der Waals surface area contributed by atoms with Gasteiger partial charge in [-0.2, -0.15) is 4.98 Å². The second-order valence-corrected chi connectivity index (χ2v) is 6.71. The van der Waals surface area contributed by atoms with Crippen LogP contribution in [0.25, 0.3) is 17.3 Å². The van der Waals surface area contributed by atoms with Crippen molar-refractivity contribution < 1.29 is 14.1 Å². The van der Waals surface area contributed by atoms with Gasteiger partial charge in [0, 0.05) is 31.4 Å². The highest BCUT2D eigenvalue weighted by Crippen LogP contribution is 2.38. The molecule has 0 atom stereocenters. The zero-order valence-electron chi connectivity index (χ0n) is 14.6. The van der Waals surface area contributed by atoms with Crippen molar-refractivity contribution in [1.82, 2.24) is 29.6 Å². The summed E-state index contributed by atoms with van der Waals surface area (Å²) in [7, 11) is 0. The number of hydrogen-bond donors (Lipinski definition) is 0. The van der Waals surface area contributed by atoms with Crippen LogP contribution in [0, 0.1) is 0 Å². The Kier molecular flexibility index (Phi) is 3.93. The van der Waals surface area contributed by atoms with Crippen LogP contribution in [0.5, 0.6) is 0 Å². The van der Waals surface area contributed by atoms with Gasteiger partial charge in [-0.3, -0.25) is 9.36 Å². The van der Waals surface area contributed by atoms with E-state index in [0.29, 0.717) is 49.6 Å². The van der Waals surface area contributed by atoms with E-state index in [0.717, 1.165) is 24.2 Å². The van der Waals surface area contributed by atoms with E-state index < -0.39 is 0 Å². The fourth-order valence-corrected chi connectivity index (χ4v) is 3.01. The number of aromatic nitrogens is 5. The van der Waals surface area contributed by atoms with Crippen molar-refractivity contribution in [2.75, 3.05) is 26.3 Å². The first-order valence-corrected chi connectivity index (χ1v) is 8.99. The molecule has 5 rings (SSSR count). The first-order valence-electron chi connectivity index (χ1n) is 8.99. The fourth-order valence-electron chi connectivity index (χ4n) is 3.01. The number of carbonyl (C=O) groups is 1. The molecule has 1 amide bonds. The SMILES string of the molecule is O=C(c1cn(-c2ccc(-c3nc(C4CC4)no3)cn2)cn1)N1CCOCC1. The largest absolute Gasteiger partial charge is 0.378 e. The molecule has 3 aromatic rings. The van der Waals surface area contributed by atoms with E-state index in [-0.39, 0.29) is 5.91 Å². The van der Waals surface area contributed by atoms with E-state index >= 15 is 0 Å². The van der Waals surface area contributed by atoms with E-state index in [1.807, 2.05) is 12.1 Å². The van der Waals surface area contributed by atoms with Crippen molar-refractivity contribution in [3.63, 3.8) is 0 Å². The van der Waals surface area contributed by atoms with Gasteiger partial charge in [-0.15, -0.1) is 0 Å². The number of hydrogen-bond acceptors (Lipinski definition) is 7. The number of ether oxygens (including phenoxy) is 1. The molecule has 9 heteroatoms. The average molecular weight is 366 g/mol. The van der Waals surface area contributed by atoms with E-state index in [4.69, 9.17) is 9.26 Å². The van der Waals surface area contributed by atoms with Crippen LogP contribution >= 0.6 is 0 Å². The van der Waals surface area contributed by atoms with Gasteiger partial charge in [-0.25, -0.2) is 9.97 Å². The lowest BCUT2D eigenvalue weighted by Crippen LogP contribution is -2.40. The van der Waals surface area contributed by atoms with Gasteiger partial charge in [0.1, 0.15) is 17.8 Å². The molecule has 0 bridgehead atoms. The molecule has 2 aliphatic rings. The Morgan fingerprint density at radius 1 is 1.15 bits per heavy atom. The first-order chi connectivity index (χ1) is 13.3. The zero-order chi connectivity index (χ0) is 18.2. The summed E-state index contributed by atoms with van der Waals surface area (Å²) in [6.07, 6.45) is 7.22. The lowest BCUT2D eigenvalue weighted by molar-refractivity contribution is 0.0299. The van der Waals surface area contributed by atoms with Crippen molar-refractivity contribution in [2.24, 2.45) is 0 Å². The summed E-state index contributed by atoms with van der Waals surface area (Å²) in [5, 5.41) is 4.02. The van der Waals surface area contributed by atoms with Crippen molar-refractivity contribution in [3.8, 4) is 17.3 Å². The third kappa shape index (κ3) is 3.21. The van der Waals surface area contributed by atoms with Crippen LogP contribution in [0.3, 0.4) is 0 Å². The number of pyridine rings is 1. The topological polar surface area (TPSA) is 99.2 Å². The number of nitrogens with zero attached hydrogens (tertiary/aromatic N) is 6. The minimum atomic E-state index is -0.0906. The molecule has 0 radical (unpaired) electrons. The normalized spacial score (nSPS) is 17.3. The summed E-state index contributed by atoms with van der Waals surface area (Å²) in [4.78, 5) is 27.3. The van der Waals surface area contributed by atoms with E-state index in [2.05, 4.69) is 20.1 Å². The Labute approximate surface area is 155 Å². The molecule has 4 heterocycles. The summed E-state index contributed by atoms with van der Waals surface area (Å²) in [6.45, 7) is 2.30. The maximum Gasteiger partial charge on any atom is 0.274 e. The number of morpholine rings is 1. The molecule has 1 aliphatic carbocycles. The number of amides is 1. The Morgan fingerprint density at radius 3 is 2.74 bits per heavy atom. The van der Waals surface area contributed by atoms with Crippen molar-refractivity contribution in [3.05, 3.63) is 42.4 Å². The molecule has 0 aromatic carbocycles. The van der Waals surface area contributed by atoms with Crippen molar-refractivity contribution >= 4 is 5.91 Å². The van der Waals surface area contributed by atoms with Crippen molar-refractivity contribution in [2.45, 2.75) is 18.8 Å². The second-order valence-electron chi connectivity index (χ2n) is 6.71. The third-order valence-electron chi connectivity index (χ3n) is 4.74. The van der Waals surface area contributed by atoms with Crippen LogP contribution < -0.4 is 0 Å². The van der Waals surface area contributed by atoms with Gasteiger partial charge in [-0.1, -0.05) is 5.16 Å². The Morgan fingerprint density at radius 2 is 2.00 bits per heavy atom. The predicted octanol–water partition coefficient (Wildman–Crippen LogP) is 1.67. The van der Waals surface area contributed by atoms with Gasteiger partial charge in [0.15, 0.2) is 5.82 Å². The van der Waals surface area contributed by atoms with Gasteiger partial charge in [0.25, 0.3) is 11.8 Å². The maximum atomic E-state index is 12.5. The Balaban J connectivity index is 1.32. The molecule has 1 saturated heterocycles. The highest BCUT2D eigenvalue weighted by molar-refractivity contribution is 5.92. The summed E-state index contributed by atoms with van der Waals surface area (Å²) >= 11 is 0. The van der Waals surface area contributed by atoms with E-state index in [9.17, 15) is 4.79 Å². The maximum absolute atomic E-state index is 12.5. The Bertz CT molecular complexity index is 954. The van der Waals surface area contributed by atoms with Gasteiger partial charge < -0.3 is 14.2 Å². The standard InChI is InChI=1S/C18H18N6O3/c25-18(23-5-7-26-8-6-23)14-10-24(11-20-14)15-4-3-13(9-19-15)17-21-16(22-27-17)12-1-2-12/h3-4,9-12H,1-2,5-8H2. The lowest BCUT2D eigenvalue weighted by atomic mass is 10.3. The quantitative estimate of drug-likeness (QED) is 0.692. The average Bonchev–Trinajstić information content (AvgIpc) is 3.26. The summed E-state index contributed by atoms with van der Waals surface area (Å²) < 4.78 is 12.3. The molecule has 0 spiro atoms. The monoisotopic (exact) mass is 366 g/mol. The van der Waals surface area contributed by atoms with Crippen LogP contribution in [0.2, 0.25) is 0 Å². The van der Waals surface area contributed by atoms with E-state index in [1.165, 1.54) is 0 Å². The smallest absolute Gasteiger partial charge is 0.274 e. The van der Waals surface area contributed by atoms with Gasteiger partial charge in [0.05, 0.1) is 18.8 Å².